The topological polar surface area (TPSA) is 21.3 Å². The molecule has 0 saturated carbocycles. The Bertz CT molecular complexity index is 390. The number of benzene rings is 1. The molecule has 2 unspecified atom stereocenters. The standard InChI is InChI=1S/C13H17F2NO/c1-13(8-12(16-2)3-4-17-13)9-5-10(14)7-11(15)6-9/h5-7,12,16H,3-4,8H2,1-2H3. The lowest BCUT2D eigenvalue weighted by atomic mass is 9.85. The number of halogens is 2. The highest BCUT2D eigenvalue weighted by Gasteiger charge is 2.34. The van der Waals surface area contributed by atoms with Gasteiger partial charge in [-0.2, -0.15) is 0 Å². The van der Waals surface area contributed by atoms with Crippen molar-refractivity contribution in [2.24, 2.45) is 0 Å². The normalized spacial score (nSPS) is 29.3. The molecule has 17 heavy (non-hydrogen) atoms. The fourth-order valence-corrected chi connectivity index (χ4v) is 2.36. The summed E-state index contributed by atoms with van der Waals surface area (Å²) in [5.41, 5.74) is -0.0514. The molecule has 2 nitrogen and oxygen atoms in total. The van der Waals surface area contributed by atoms with Crippen molar-refractivity contribution < 1.29 is 13.5 Å². The third-order valence-electron chi connectivity index (χ3n) is 3.40. The lowest BCUT2D eigenvalue weighted by Gasteiger charge is -2.38. The highest BCUT2D eigenvalue weighted by molar-refractivity contribution is 5.24. The Labute approximate surface area is 100.0 Å². The number of nitrogens with one attached hydrogen (secondary N) is 1. The molecule has 0 spiro atoms. The fourth-order valence-electron chi connectivity index (χ4n) is 2.36. The second kappa shape index (κ2) is 4.70. The molecule has 1 heterocycles. The predicted octanol–water partition coefficient (Wildman–Crippen LogP) is 2.58. The summed E-state index contributed by atoms with van der Waals surface area (Å²) in [5, 5.41) is 3.19. The molecule has 0 aliphatic carbocycles. The minimum atomic E-state index is -0.616. The summed E-state index contributed by atoms with van der Waals surface area (Å²) < 4.78 is 32.2. The Morgan fingerprint density at radius 3 is 2.53 bits per heavy atom. The van der Waals surface area contributed by atoms with Gasteiger partial charge in [0.2, 0.25) is 0 Å². The van der Waals surface area contributed by atoms with Gasteiger partial charge < -0.3 is 10.1 Å². The van der Waals surface area contributed by atoms with E-state index >= 15 is 0 Å². The maximum Gasteiger partial charge on any atom is 0.126 e. The molecule has 4 heteroatoms. The maximum atomic E-state index is 13.2. The number of rotatable bonds is 2. The van der Waals surface area contributed by atoms with Crippen LogP contribution in [0.2, 0.25) is 0 Å². The molecule has 1 aliphatic rings. The summed E-state index contributed by atoms with van der Waals surface area (Å²) in [6, 6.07) is 3.90. The van der Waals surface area contributed by atoms with Crippen molar-refractivity contribution in [1.29, 1.82) is 0 Å². The molecule has 0 bridgehead atoms. The first-order valence-corrected chi connectivity index (χ1v) is 5.81. The van der Waals surface area contributed by atoms with Gasteiger partial charge in [-0.05, 0) is 44.5 Å². The van der Waals surface area contributed by atoms with Crippen molar-refractivity contribution in [3.05, 3.63) is 35.4 Å². The third kappa shape index (κ3) is 2.64. The first-order valence-electron chi connectivity index (χ1n) is 5.81. The second-order valence-electron chi connectivity index (χ2n) is 4.72. The van der Waals surface area contributed by atoms with Crippen LogP contribution in [0.4, 0.5) is 8.78 Å². The molecular weight excluding hydrogens is 224 g/mol. The lowest BCUT2D eigenvalue weighted by molar-refractivity contribution is -0.0807. The smallest absolute Gasteiger partial charge is 0.126 e. The highest BCUT2D eigenvalue weighted by atomic mass is 19.1. The van der Waals surface area contributed by atoms with Gasteiger partial charge in [0.25, 0.3) is 0 Å². The minimum absolute atomic E-state index is 0.320. The van der Waals surface area contributed by atoms with Gasteiger partial charge in [-0.3, -0.25) is 0 Å². The third-order valence-corrected chi connectivity index (χ3v) is 3.40. The molecule has 94 valence electrons. The number of ether oxygens (including phenoxy) is 1. The Hall–Kier alpha value is -1.00. The number of hydrogen-bond donors (Lipinski definition) is 1. The minimum Gasteiger partial charge on any atom is -0.370 e. The van der Waals surface area contributed by atoms with Crippen molar-refractivity contribution in [3.63, 3.8) is 0 Å². The SMILES string of the molecule is CNC1CCOC(C)(c2cc(F)cc(F)c2)C1. The van der Waals surface area contributed by atoms with Crippen LogP contribution in [0.25, 0.3) is 0 Å². The quantitative estimate of drug-likeness (QED) is 0.859. The van der Waals surface area contributed by atoms with E-state index in [2.05, 4.69) is 5.32 Å². The Morgan fingerprint density at radius 1 is 1.29 bits per heavy atom. The van der Waals surface area contributed by atoms with Crippen LogP contribution in [0.5, 0.6) is 0 Å². The Kier molecular flexibility index (Phi) is 3.45. The van der Waals surface area contributed by atoms with Crippen LogP contribution in [-0.4, -0.2) is 19.7 Å². The average molecular weight is 241 g/mol. The molecule has 0 amide bonds. The van der Waals surface area contributed by atoms with Gasteiger partial charge in [-0.25, -0.2) is 8.78 Å². The van der Waals surface area contributed by atoms with Gasteiger partial charge in [0.1, 0.15) is 11.6 Å². The molecule has 1 aromatic rings. The molecule has 0 radical (unpaired) electrons. The summed E-state index contributed by atoms with van der Waals surface area (Å²) in [7, 11) is 1.89. The van der Waals surface area contributed by atoms with Crippen molar-refractivity contribution >= 4 is 0 Å². The van der Waals surface area contributed by atoms with Gasteiger partial charge in [0.15, 0.2) is 0 Å². The molecule has 1 fully saturated rings. The predicted molar refractivity (Wildman–Crippen MR) is 61.7 cm³/mol. The number of hydrogen-bond acceptors (Lipinski definition) is 2. The van der Waals surface area contributed by atoms with E-state index in [-0.39, 0.29) is 0 Å². The van der Waals surface area contributed by atoms with Gasteiger partial charge in [-0.1, -0.05) is 0 Å². The maximum absolute atomic E-state index is 13.2. The largest absolute Gasteiger partial charge is 0.370 e. The first-order chi connectivity index (χ1) is 8.03. The first kappa shape index (κ1) is 12.5. The van der Waals surface area contributed by atoms with Gasteiger partial charge in [-0.15, -0.1) is 0 Å². The van der Waals surface area contributed by atoms with Crippen molar-refractivity contribution in [1.82, 2.24) is 5.32 Å². The zero-order chi connectivity index (χ0) is 12.5. The van der Waals surface area contributed by atoms with E-state index < -0.39 is 17.2 Å². The van der Waals surface area contributed by atoms with E-state index in [0.29, 0.717) is 24.6 Å². The summed E-state index contributed by atoms with van der Waals surface area (Å²) >= 11 is 0. The summed E-state index contributed by atoms with van der Waals surface area (Å²) in [4.78, 5) is 0. The molecule has 1 saturated heterocycles. The Balaban J connectivity index is 2.30. The van der Waals surface area contributed by atoms with E-state index in [0.717, 1.165) is 12.5 Å². The lowest BCUT2D eigenvalue weighted by Crippen LogP contribution is -2.42. The van der Waals surface area contributed by atoms with E-state index in [4.69, 9.17) is 4.74 Å². The van der Waals surface area contributed by atoms with Gasteiger partial charge in [0, 0.05) is 18.7 Å². The highest BCUT2D eigenvalue weighted by Crippen LogP contribution is 2.35. The van der Waals surface area contributed by atoms with E-state index in [1.54, 1.807) is 0 Å². The van der Waals surface area contributed by atoms with Crippen LogP contribution in [0.15, 0.2) is 18.2 Å². The molecule has 1 aromatic carbocycles. The van der Waals surface area contributed by atoms with Crippen LogP contribution in [0, 0.1) is 11.6 Å². The Morgan fingerprint density at radius 2 is 1.94 bits per heavy atom. The molecule has 2 atom stereocenters. The molecule has 1 aliphatic heterocycles. The summed E-state index contributed by atoms with van der Waals surface area (Å²) in [6.07, 6.45) is 1.64. The van der Waals surface area contributed by atoms with E-state index in [1.807, 2.05) is 14.0 Å². The zero-order valence-corrected chi connectivity index (χ0v) is 10.1. The van der Waals surface area contributed by atoms with Crippen LogP contribution < -0.4 is 5.32 Å². The van der Waals surface area contributed by atoms with Crippen molar-refractivity contribution in [2.75, 3.05) is 13.7 Å². The summed E-state index contributed by atoms with van der Waals surface area (Å²) in [6.45, 7) is 2.48. The van der Waals surface area contributed by atoms with Crippen molar-refractivity contribution in [2.45, 2.75) is 31.4 Å². The molecular formula is C13H17F2NO. The summed E-state index contributed by atoms with van der Waals surface area (Å²) in [5.74, 6) is -1.12. The van der Waals surface area contributed by atoms with E-state index in [1.165, 1.54) is 12.1 Å². The monoisotopic (exact) mass is 241 g/mol. The average Bonchev–Trinajstić information content (AvgIpc) is 2.28. The van der Waals surface area contributed by atoms with Gasteiger partial charge in [0.05, 0.1) is 5.60 Å². The van der Waals surface area contributed by atoms with E-state index in [9.17, 15) is 8.78 Å². The van der Waals surface area contributed by atoms with Crippen LogP contribution in [-0.2, 0) is 10.3 Å². The van der Waals surface area contributed by atoms with Crippen LogP contribution >= 0.6 is 0 Å². The molecule has 0 aromatic heterocycles. The zero-order valence-electron chi connectivity index (χ0n) is 10.1. The van der Waals surface area contributed by atoms with Crippen LogP contribution in [0.1, 0.15) is 25.3 Å². The molecule has 1 N–H and O–H groups in total. The van der Waals surface area contributed by atoms with Crippen molar-refractivity contribution in [3.8, 4) is 0 Å². The van der Waals surface area contributed by atoms with Gasteiger partial charge >= 0.3 is 0 Å². The van der Waals surface area contributed by atoms with Crippen LogP contribution in [0.3, 0.4) is 0 Å². The molecule has 2 rings (SSSR count). The fraction of sp³-hybridized carbons (Fsp3) is 0.538. The second-order valence-corrected chi connectivity index (χ2v) is 4.72.